The Labute approximate surface area is 148 Å². The highest BCUT2D eigenvalue weighted by molar-refractivity contribution is 6.44. The number of hydrogen-bond donors (Lipinski definition) is 1. The second-order valence-electron chi connectivity index (χ2n) is 5.47. The number of anilines is 2. The lowest BCUT2D eigenvalue weighted by Gasteiger charge is -2.17. The Balaban J connectivity index is 1.72. The lowest BCUT2D eigenvalue weighted by Crippen LogP contribution is -2.28. The van der Waals surface area contributed by atoms with Gasteiger partial charge in [0.1, 0.15) is 5.82 Å². The van der Waals surface area contributed by atoms with Crippen LogP contribution in [0.4, 0.5) is 15.8 Å². The predicted molar refractivity (Wildman–Crippen MR) is 92.0 cm³/mol. The Morgan fingerprint density at radius 3 is 2.58 bits per heavy atom. The molecule has 0 spiro atoms. The zero-order valence-corrected chi connectivity index (χ0v) is 13.9. The highest BCUT2D eigenvalue weighted by Crippen LogP contribution is 2.31. The van der Waals surface area contributed by atoms with Gasteiger partial charge in [0.15, 0.2) is 0 Å². The van der Waals surface area contributed by atoms with Crippen molar-refractivity contribution < 1.29 is 14.0 Å². The van der Waals surface area contributed by atoms with Crippen LogP contribution in [0, 0.1) is 11.7 Å². The molecule has 24 heavy (non-hydrogen) atoms. The van der Waals surface area contributed by atoms with E-state index in [1.165, 1.54) is 29.2 Å². The van der Waals surface area contributed by atoms with Crippen LogP contribution in [-0.2, 0) is 9.59 Å². The molecule has 1 unspecified atom stereocenters. The van der Waals surface area contributed by atoms with Crippen molar-refractivity contribution in [2.45, 2.75) is 6.42 Å². The number of amides is 2. The number of carbonyl (C=O) groups excluding carboxylic acids is 2. The highest BCUT2D eigenvalue weighted by atomic mass is 35.5. The first-order chi connectivity index (χ1) is 11.5. The third-order valence-corrected chi connectivity index (χ3v) is 4.66. The van der Waals surface area contributed by atoms with E-state index in [1.807, 2.05) is 0 Å². The van der Waals surface area contributed by atoms with Gasteiger partial charge in [-0.05, 0) is 36.4 Å². The average Bonchev–Trinajstić information content (AvgIpc) is 2.94. The van der Waals surface area contributed by atoms with Crippen LogP contribution in [0.3, 0.4) is 0 Å². The summed E-state index contributed by atoms with van der Waals surface area (Å²) in [6, 6.07) is 10.5. The van der Waals surface area contributed by atoms with Crippen molar-refractivity contribution in [2.75, 3.05) is 16.8 Å². The Hall–Kier alpha value is -2.11. The SMILES string of the molecule is O=C(Nc1cccc(Cl)c1Cl)C1CC(=O)N(c2ccc(F)cc2)C1. The summed E-state index contributed by atoms with van der Waals surface area (Å²) in [5.41, 5.74) is 0.972. The molecule has 0 aromatic heterocycles. The van der Waals surface area contributed by atoms with Crippen LogP contribution in [-0.4, -0.2) is 18.4 Å². The van der Waals surface area contributed by atoms with Crippen LogP contribution in [0.15, 0.2) is 42.5 Å². The third kappa shape index (κ3) is 3.37. The van der Waals surface area contributed by atoms with E-state index >= 15 is 0 Å². The quantitative estimate of drug-likeness (QED) is 0.887. The van der Waals surface area contributed by atoms with Gasteiger partial charge < -0.3 is 10.2 Å². The minimum absolute atomic E-state index is 0.0847. The monoisotopic (exact) mass is 366 g/mol. The van der Waals surface area contributed by atoms with E-state index in [2.05, 4.69) is 5.32 Å². The van der Waals surface area contributed by atoms with Gasteiger partial charge in [-0.1, -0.05) is 29.3 Å². The first kappa shape index (κ1) is 16.7. The summed E-state index contributed by atoms with van der Waals surface area (Å²) in [7, 11) is 0. The molecule has 0 aliphatic carbocycles. The van der Waals surface area contributed by atoms with E-state index in [0.717, 1.165) is 0 Å². The van der Waals surface area contributed by atoms with Crippen LogP contribution in [0.2, 0.25) is 10.0 Å². The molecule has 2 amide bonds. The zero-order chi connectivity index (χ0) is 17.3. The fraction of sp³-hybridized carbons (Fsp3) is 0.176. The first-order valence-corrected chi connectivity index (χ1v) is 8.02. The molecule has 7 heteroatoms. The molecule has 3 rings (SSSR count). The summed E-state index contributed by atoms with van der Waals surface area (Å²) in [6.45, 7) is 0.231. The molecule has 1 aliphatic rings. The van der Waals surface area contributed by atoms with E-state index in [0.29, 0.717) is 16.4 Å². The van der Waals surface area contributed by atoms with Crippen LogP contribution in [0.1, 0.15) is 6.42 Å². The number of hydrogen-bond acceptors (Lipinski definition) is 2. The summed E-state index contributed by atoms with van der Waals surface area (Å²) < 4.78 is 13.0. The van der Waals surface area contributed by atoms with Crippen molar-refractivity contribution >= 4 is 46.4 Å². The van der Waals surface area contributed by atoms with Crippen LogP contribution >= 0.6 is 23.2 Å². The van der Waals surface area contributed by atoms with E-state index < -0.39 is 5.92 Å². The smallest absolute Gasteiger partial charge is 0.229 e. The van der Waals surface area contributed by atoms with Gasteiger partial charge in [-0.3, -0.25) is 9.59 Å². The Morgan fingerprint density at radius 1 is 1.17 bits per heavy atom. The fourth-order valence-corrected chi connectivity index (χ4v) is 2.94. The van der Waals surface area contributed by atoms with Crippen molar-refractivity contribution in [3.05, 3.63) is 58.3 Å². The summed E-state index contributed by atoms with van der Waals surface area (Å²) in [5.74, 6) is -1.39. The molecule has 124 valence electrons. The van der Waals surface area contributed by atoms with Crippen molar-refractivity contribution in [1.29, 1.82) is 0 Å². The summed E-state index contributed by atoms with van der Waals surface area (Å²) >= 11 is 12.0. The summed E-state index contributed by atoms with van der Waals surface area (Å²) in [6.07, 6.45) is 0.0847. The van der Waals surface area contributed by atoms with Gasteiger partial charge in [0.25, 0.3) is 0 Å². The average molecular weight is 367 g/mol. The van der Waals surface area contributed by atoms with Crippen molar-refractivity contribution in [1.82, 2.24) is 0 Å². The lowest BCUT2D eigenvalue weighted by molar-refractivity contribution is -0.122. The van der Waals surface area contributed by atoms with Crippen LogP contribution < -0.4 is 10.2 Å². The van der Waals surface area contributed by atoms with Gasteiger partial charge in [-0.25, -0.2) is 4.39 Å². The van der Waals surface area contributed by atoms with Crippen molar-refractivity contribution in [2.24, 2.45) is 5.92 Å². The number of halogens is 3. The largest absolute Gasteiger partial charge is 0.324 e. The van der Waals surface area contributed by atoms with Gasteiger partial charge in [-0.15, -0.1) is 0 Å². The Kier molecular flexibility index (Phi) is 4.73. The molecule has 4 nitrogen and oxygen atoms in total. The van der Waals surface area contributed by atoms with E-state index in [1.54, 1.807) is 18.2 Å². The number of nitrogens with zero attached hydrogens (tertiary/aromatic N) is 1. The Bertz CT molecular complexity index is 796. The van der Waals surface area contributed by atoms with Gasteiger partial charge in [0.05, 0.1) is 21.7 Å². The minimum atomic E-state index is -0.516. The first-order valence-electron chi connectivity index (χ1n) is 7.26. The molecule has 1 saturated heterocycles. The van der Waals surface area contributed by atoms with Crippen LogP contribution in [0.25, 0.3) is 0 Å². The van der Waals surface area contributed by atoms with Crippen LogP contribution in [0.5, 0.6) is 0 Å². The minimum Gasteiger partial charge on any atom is -0.324 e. The zero-order valence-electron chi connectivity index (χ0n) is 12.4. The third-order valence-electron chi connectivity index (χ3n) is 3.84. The van der Waals surface area contributed by atoms with Gasteiger partial charge in [0, 0.05) is 18.7 Å². The summed E-state index contributed by atoms with van der Waals surface area (Å²) in [4.78, 5) is 26.0. The molecular formula is C17H13Cl2FN2O2. The Morgan fingerprint density at radius 2 is 1.88 bits per heavy atom. The van der Waals surface area contributed by atoms with Gasteiger partial charge in [-0.2, -0.15) is 0 Å². The molecule has 1 aliphatic heterocycles. The lowest BCUT2D eigenvalue weighted by atomic mass is 10.1. The molecule has 1 N–H and O–H groups in total. The molecule has 2 aromatic carbocycles. The second kappa shape index (κ2) is 6.79. The maximum atomic E-state index is 13.0. The normalized spacial score (nSPS) is 17.2. The van der Waals surface area contributed by atoms with Gasteiger partial charge >= 0.3 is 0 Å². The number of rotatable bonds is 3. The standard InChI is InChI=1S/C17H13Cl2FN2O2/c18-13-2-1-3-14(16(13)19)21-17(24)10-8-15(23)22(9-10)12-6-4-11(20)5-7-12/h1-7,10H,8-9H2,(H,21,24). The molecule has 1 fully saturated rings. The fourth-order valence-electron chi connectivity index (χ4n) is 2.59. The number of carbonyl (C=O) groups is 2. The highest BCUT2D eigenvalue weighted by Gasteiger charge is 2.35. The molecule has 1 heterocycles. The maximum absolute atomic E-state index is 13.0. The predicted octanol–water partition coefficient (Wildman–Crippen LogP) is 4.12. The van der Waals surface area contributed by atoms with E-state index in [4.69, 9.17) is 23.2 Å². The van der Waals surface area contributed by atoms with Crippen molar-refractivity contribution in [3.63, 3.8) is 0 Å². The molecular weight excluding hydrogens is 354 g/mol. The van der Waals surface area contributed by atoms with E-state index in [-0.39, 0.29) is 35.6 Å². The van der Waals surface area contributed by atoms with Gasteiger partial charge in [0.2, 0.25) is 11.8 Å². The topological polar surface area (TPSA) is 49.4 Å². The molecule has 0 radical (unpaired) electrons. The van der Waals surface area contributed by atoms with E-state index in [9.17, 15) is 14.0 Å². The molecule has 0 saturated carbocycles. The number of benzene rings is 2. The molecule has 1 atom stereocenters. The molecule has 2 aromatic rings. The van der Waals surface area contributed by atoms with Crippen molar-refractivity contribution in [3.8, 4) is 0 Å². The molecule has 0 bridgehead atoms. The maximum Gasteiger partial charge on any atom is 0.229 e. The number of nitrogens with one attached hydrogen (secondary N) is 1. The summed E-state index contributed by atoms with van der Waals surface area (Å²) in [5, 5.41) is 3.30. The second-order valence-corrected chi connectivity index (χ2v) is 6.26.